The fraction of sp³-hybridized carbons (Fsp3) is 0.280. The van der Waals surface area contributed by atoms with E-state index in [4.69, 9.17) is 0 Å². The first-order valence-electron chi connectivity index (χ1n) is 10.3. The van der Waals surface area contributed by atoms with Gasteiger partial charge in [0, 0.05) is 41.5 Å². The van der Waals surface area contributed by atoms with Gasteiger partial charge in [-0.2, -0.15) is 5.48 Å². The van der Waals surface area contributed by atoms with E-state index >= 15 is 0 Å². The van der Waals surface area contributed by atoms with Crippen molar-refractivity contribution in [3.63, 3.8) is 0 Å². The lowest BCUT2D eigenvalue weighted by Gasteiger charge is -2.26. The molecular weight excluding hydrogens is 394 g/mol. The van der Waals surface area contributed by atoms with Crippen LogP contribution in [0.15, 0.2) is 65.7 Å². The molecule has 1 aliphatic carbocycles. The van der Waals surface area contributed by atoms with Gasteiger partial charge in [-0.1, -0.05) is 61.0 Å². The molecule has 3 rings (SSSR count). The highest BCUT2D eigenvalue weighted by atomic mass is 16.7. The molecule has 2 aromatic carbocycles. The maximum atomic E-state index is 13.4. The fourth-order valence-electron chi connectivity index (χ4n) is 3.92. The van der Waals surface area contributed by atoms with E-state index in [2.05, 4.69) is 10.3 Å². The number of fused-ring (bicyclic) bond motifs is 1. The molecule has 0 bridgehead atoms. The number of Topliss-reactive ketones (excluding diaryl/α,β-unsaturated/α-hetero) is 2. The maximum absolute atomic E-state index is 13.4. The summed E-state index contributed by atoms with van der Waals surface area (Å²) >= 11 is 0. The number of benzene rings is 2. The Morgan fingerprint density at radius 1 is 0.903 bits per heavy atom. The summed E-state index contributed by atoms with van der Waals surface area (Å²) in [6.45, 7) is 2.93. The van der Waals surface area contributed by atoms with E-state index in [0.717, 1.165) is 5.56 Å². The molecular formula is C25H25NO5. The molecule has 0 aliphatic heterocycles. The second-order valence-corrected chi connectivity index (χ2v) is 7.57. The zero-order valence-electron chi connectivity index (χ0n) is 17.6. The van der Waals surface area contributed by atoms with E-state index in [1.165, 1.54) is 6.92 Å². The number of nitrogens with one attached hydrogen (secondary N) is 1. The molecule has 1 aliphatic rings. The van der Waals surface area contributed by atoms with E-state index in [-0.39, 0.29) is 29.8 Å². The average Bonchev–Trinajstić information content (AvgIpc) is 2.78. The molecule has 1 unspecified atom stereocenters. The third-order valence-corrected chi connectivity index (χ3v) is 5.41. The van der Waals surface area contributed by atoms with E-state index < -0.39 is 5.97 Å². The molecule has 0 heterocycles. The minimum atomic E-state index is -0.583. The van der Waals surface area contributed by atoms with Crippen molar-refractivity contribution >= 4 is 23.4 Å². The molecule has 6 nitrogen and oxygen atoms in total. The molecule has 0 radical (unpaired) electrons. The summed E-state index contributed by atoms with van der Waals surface area (Å²) in [5.74, 6) is -1.44. The number of hydrogen-bond acceptors (Lipinski definition) is 5. The number of ketones is 2. The summed E-state index contributed by atoms with van der Waals surface area (Å²) in [4.78, 5) is 53.3. The Morgan fingerprint density at radius 2 is 1.52 bits per heavy atom. The zero-order chi connectivity index (χ0) is 22.4. The van der Waals surface area contributed by atoms with Crippen LogP contribution in [0.3, 0.4) is 0 Å². The number of carbonyl (C=O) groups is 4. The van der Waals surface area contributed by atoms with Crippen LogP contribution in [0.4, 0.5) is 0 Å². The molecule has 2 aromatic rings. The summed E-state index contributed by atoms with van der Waals surface area (Å²) in [5.41, 5.74) is 4.95. The number of hydroxylamine groups is 1. The van der Waals surface area contributed by atoms with Gasteiger partial charge in [-0.3, -0.25) is 19.2 Å². The Kier molecular flexibility index (Phi) is 7.13. The Labute approximate surface area is 181 Å². The van der Waals surface area contributed by atoms with Gasteiger partial charge in [0.1, 0.15) is 0 Å². The average molecular weight is 419 g/mol. The van der Waals surface area contributed by atoms with Gasteiger partial charge in [0.2, 0.25) is 0 Å². The third kappa shape index (κ3) is 5.15. The highest BCUT2D eigenvalue weighted by Gasteiger charge is 2.34. The number of carbonyl (C=O) groups excluding carboxylic acids is 4. The lowest BCUT2D eigenvalue weighted by atomic mass is 9.75. The van der Waals surface area contributed by atoms with Crippen molar-refractivity contribution in [1.82, 2.24) is 5.48 Å². The summed E-state index contributed by atoms with van der Waals surface area (Å²) in [5, 5.41) is 0. The summed E-state index contributed by atoms with van der Waals surface area (Å²) in [6, 6.07) is 16.6. The van der Waals surface area contributed by atoms with Crippen molar-refractivity contribution in [2.24, 2.45) is 0 Å². The molecule has 0 saturated carbocycles. The van der Waals surface area contributed by atoms with Crippen LogP contribution in [0.5, 0.6) is 0 Å². The van der Waals surface area contributed by atoms with Crippen LogP contribution in [-0.2, 0) is 14.4 Å². The molecule has 6 heteroatoms. The Bertz CT molecular complexity index is 1040. The second-order valence-electron chi connectivity index (χ2n) is 7.57. The van der Waals surface area contributed by atoms with Gasteiger partial charge >= 0.3 is 5.97 Å². The first-order chi connectivity index (χ1) is 14.9. The van der Waals surface area contributed by atoms with Crippen LogP contribution in [0, 0.1) is 0 Å². The van der Waals surface area contributed by atoms with E-state index in [1.54, 1.807) is 31.2 Å². The highest BCUT2D eigenvalue weighted by molar-refractivity contribution is 6.27. The fourth-order valence-corrected chi connectivity index (χ4v) is 3.92. The molecule has 0 fully saturated rings. The van der Waals surface area contributed by atoms with E-state index in [0.29, 0.717) is 41.5 Å². The maximum Gasteiger partial charge on any atom is 0.329 e. The van der Waals surface area contributed by atoms with Gasteiger partial charge in [-0.25, -0.2) is 0 Å². The number of amides is 1. The van der Waals surface area contributed by atoms with Gasteiger partial charge in [0.25, 0.3) is 5.91 Å². The molecule has 0 aromatic heterocycles. The van der Waals surface area contributed by atoms with Crippen LogP contribution in [0.2, 0.25) is 0 Å². The molecule has 160 valence electrons. The van der Waals surface area contributed by atoms with Crippen molar-refractivity contribution in [2.45, 2.75) is 45.4 Å². The van der Waals surface area contributed by atoms with Crippen molar-refractivity contribution in [3.8, 4) is 0 Å². The van der Waals surface area contributed by atoms with Crippen molar-refractivity contribution in [1.29, 1.82) is 0 Å². The predicted molar refractivity (Wildman–Crippen MR) is 115 cm³/mol. The van der Waals surface area contributed by atoms with Crippen LogP contribution < -0.4 is 5.48 Å². The molecule has 1 N–H and O–H groups in total. The van der Waals surface area contributed by atoms with Gasteiger partial charge in [0.05, 0.1) is 0 Å². The third-order valence-electron chi connectivity index (χ3n) is 5.41. The van der Waals surface area contributed by atoms with Crippen LogP contribution >= 0.6 is 0 Å². The topological polar surface area (TPSA) is 89.5 Å². The monoisotopic (exact) mass is 419 g/mol. The summed E-state index contributed by atoms with van der Waals surface area (Å²) in [6.07, 6.45) is 2.02. The smallest absolute Gasteiger partial charge is 0.329 e. The number of rotatable bonds is 7. The number of unbranched alkanes of at least 4 members (excludes halogenated alkanes) is 1. The van der Waals surface area contributed by atoms with Crippen molar-refractivity contribution in [2.75, 3.05) is 0 Å². The SMILES string of the molecule is CC(=O)ONC(=O)CCCCC(C1=C(C)C(=O)c2ccccc2C1=O)c1ccccc1. The predicted octanol–water partition coefficient (Wildman–Crippen LogP) is 4.32. The van der Waals surface area contributed by atoms with Crippen LogP contribution in [0.25, 0.3) is 0 Å². The molecule has 1 amide bonds. The normalized spacial score (nSPS) is 14.1. The van der Waals surface area contributed by atoms with Gasteiger partial charge in [0.15, 0.2) is 11.6 Å². The molecule has 0 saturated heterocycles. The largest absolute Gasteiger partial charge is 0.341 e. The van der Waals surface area contributed by atoms with E-state index in [1.807, 2.05) is 30.3 Å². The van der Waals surface area contributed by atoms with Gasteiger partial charge in [-0.15, -0.1) is 0 Å². The standard InChI is InChI=1S/C25H25NO5/c1-16-23(25(30)21-14-7-6-13-20(21)24(16)29)19(18-10-4-3-5-11-18)12-8-9-15-22(28)26-31-17(2)27/h3-7,10-11,13-14,19H,8-9,12,15H2,1-2H3,(H,26,28). The minimum absolute atomic E-state index is 0.117. The Morgan fingerprint density at radius 3 is 2.16 bits per heavy atom. The zero-order valence-corrected chi connectivity index (χ0v) is 17.6. The molecule has 1 atom stereocenters. The molecule has 0 spiro atoms. The first-order valence-corrected chi connectivity index (χ1v) is 10.3. The lowest BCUT2D eigenvalue weighted by Crippen LogP contribution is -2.26. The first kappa shape index (κ1) is 22.2. The van der Waals surface area contributed by atoms with E-state index in [9.17, 15) is 19.2 Å². The number of hydrogen-bond donors (Lipinski definition) is 1. The van der Waals surface area contributed by atoms with Gasteiger partial charge < -0.3 is 4.84 Å². The minimum Gasteiger partial charge on any atom is -0.341 e. The Balaban J connectivity index is 1.80. The highest BCUT2D eigenvalue weighted by Crippen LogP contribution is 2.38. The van der Waals surface area contributed by atoms with Crippen molar-refractivity contribution < 1.29 is 24.0 Å². The van der Waals surface area contributed by atoms with Crippen LogP contribution in [-0.4, -0.2) is 23.4 Å². The van der Waals surface area contributed by atoms with Crippen molar-refractivity contribution in [3.05, 3.63) is 82.4 Å². The van der Waals surface area contributed by atoms with Crippen LogP contribution in [0.1, 0.15) is 71.7 Å². The lowest BCUT2D eigenvalue weighted by molar-refractivity contribution is -0.156. The second kappa shape index (κ2) is 9.98. The van der Waals surface area contributed by atoms with Gasteiger partial charge in [-0.05, 0) is 25.3 Å². The number of allylic oxidation sites excluding steroid dienone is 2. The quantitative estimate of drug-likeness (QED) is 0.533. The summed E-state index contributed by atoms with van der Waals surface area (Å²) in [7, 11) is 0. The summed E-state index contributed by atoms with van der Waals surface area (Å²) < 4.78 is 0. The molecule has 31 heavy (non-hydrogen) atoms. The Hall–Kier alpha value is -3.54.